The van der Waals surface area contributed by atoms with Gasteiger partial charge in [-0.2, -0.15) is 0 Å². The maximum atomic E-state index is 12.7. The number of ketones is 2. The van der Waals surface area contributed by atoms with Crippen molar-refractivity contribution >= 4 is 11.6 Å². The number of ether oxygens (including phenoxy) is 1. The Bertz CT molecular complexity index is 372. The summed E-state index contributed by atoms with van der Waals surface area (Å²) in [6.45, 7) is 6.54. The van der Waals surface area contributed by atoms with Crippen molar-refractivity contribution < 1.29 is 14.3 Å². The van der Waals surface area contributed by atoms with Crippen LogP contribution in [0, 0.1) is 22.7 Å². The van der Waals surface area contributed by atoms with E-state index in [-0.39, 0.29) is 23.0 Å². The van der Waals surface area contributed by atoms with Gasteiger partial charge in [-0.15, -0.1) is 0 Å². The number of hydrogen-bond acceptors (Lipinski definition) is 3. The molecule has 0 saturated heterocycles. The van der Waals surface area contributed by atoms with Crippen LogP contribution in [0.1, 0.15) is 46.5 Å². The number of rotatable bonds is 4. The second-order valence-electron chi connectivity index (χ2n) is 6.85. The summed E-state index contributed by atoms with van der Waals surface area (Å²) in [6.07, 6.45) is 3.22. The van der Waals surface area contributed by atoms with E-state index in [0.29, 0.717) is 18.8 Å². The summed E-state index contributed by atoms with van der Waals surface area (Å²) in [5.74, 6) is 0.820. The van der Waals surface area contributed by atoms with E-state index < -0.39 is 5.41 Å². The predicted octanol–water partition coefficient (Wildman–Crippen LogP) is 2.62. The van der Waals surface area contributed by atoms with Gasteiger partial charge in [0.1, 0.15) is 11.6 Å². The molecule has 2 aliphatic rings. The minimum Gasteiger partial charge on any atom is -0.384 e. The molecule has 18 heavy (non-hydrogen) atoms. The molecule has 102 valence electrons. The molecule has 0 N–H and O–H groups in total. The van der Waals surface area contributed by atoms with Gasteiger partial charge in [0.15, 0.2) is 0 Å². The number of carbonyl (C=O) groups excluding carboxylic acids is 2. The van der Waals surface area contributed by atoms with E-state index in [0.717, 1.165) is 19.3 Å². The Balaban J connectivity index is 2.38. The standard InChI is InChI=1S/C15H24O3/c1-10(16)7-15-9-14(2,3)12(13(15)17)6-5-11(15)8-18-4/h11-12H,5-9H2,1-4H3/t11-,12+,15-/m1/s1. The van der Waals surface area contributed by atoms with Crippen LogP contribution in [-0.4, -0.2) is 25.3 Å². The van der Waals surface area contributed by atoms with Gasteiger partial charge in [0, 0.05) is 31.5 Å². The smallest absolute Gasteiger partial charge is 0.143 e. The molecule has 2 bridgehead atoms. The molecule has 0 unspecified atom stereocenters. The summed E-state index contributed by atoms with van der Waals surface area (Å²) in [5.41, 5.74) is -0.400. The molecule has 0 aromatic heterocycles. The summed E-state index contributed by atoms with van der Waals surface area (Å²) in [6, 6.07) is 0. The molecule has 0 aliphatic heterocycles. The van der Waals surface area contributed by atoms with E-state index >= 15 is 0 Å². The third-order valence-electron chi connectivity index (χ3n) is 5.04. The van der Waals surface area contributed by atoms with Gasteiger partial charge in [-0.05, 0) is 37.5 Å². The Morgan fingerprint density at radius 2 is 2.06 bits per heavy atom. The van der Waals surface area contributed by atoms with Gasteiger partial charge in [-0.1, -0.05) is 13.8 Å². The van der Waals surface area contributed by atoms with E-state index in [1.807, 2.05) is 0 Å². The molecular formula is C15H24O3. The lowest BCUT2D eigenvalue weighted by atomic mass is 9.64. The van der Waals surface area contributed by atoms with Crippen molar-refractivity contribution in [2.45, 2.75) is 46.5 Å². The highest BCUT2D eigenvalue weighted by molar-refractivity contribution is 5.95. The van der Waals surface area contributed by atoms with Gasteiger partial charge in [-0.25, -0.2) is 0 Å². The maximum absolute atomic E-state index is 12.7. The van der Waals surface area contributed by atoms with Crippen molar-refractivity contribution in [1.82, 2.24) is 0 Å². The largest absolute Gasteiger partial charge is 0.384 e. The van der Waals surface area contributed by atoms with Crippen molar-refractivity contribution in [2.75, 3.05) is 13.7 Å². The SMILES string of the molecule is COC[C@H]1CC[C@H]2C(=O)[C@]1(CC(C)=O)CC2(C)C. The number of hydrogen-bond donors (Lipinski definition) is 0. The molecule has 0 radical (unpaired) electrons. The Labute approximate surface area is 109 Å². The van der Waals surface area contributed by atoms with Crippen molar-refractivity contribution in [2.24, 2.45) is 22.7 Å². The molecule has 0 amide bonds. The monoisotopic (exact) mass is 252 g/mol. The molecule has 2 fully saturated rings. The van der Waals surface area contributed by atoms with Crippen molar-refractivity contribution in [3.8, 4) is 0 Å². The molecule has 0 spiro atoms. The predicted molar refractivity (Wildman–Crippen MR) is 69.2 cm³/mol. The highest BCUT2D eigenvalue weighted by Crippen LogP contribution is 2.61. The first-order valence-corrected chi connectivity index (χ1v) is 6.86. The molecule has 3 heteroatoms. The first kappa shape index (κ1) is 13.7. The Kier molecular flexibility index (Phi) is 3.39. The Morgan fingerprint density at radius 1 is 1.39 bits per heavy atom. The summed E-state index contributed by atoms with van der Waals surface area (Å²) in [7, 11) is 1.68. The molecular weight excluding hydrogens is 228 g/mol. The molecule has 3 nitrogen and oxygen atoms in total. The van der Waals surface area contributed by atoms with Crippen LogP contribution < -0.4 is 0 Å². The van der Waals surface area contributed by atoms with Crippen LogP contribution in [0.3, 0.4) is 0 Å². The fraction of sp³-hybridized carbons (Fsp3) is 0.867. The fourth-order valence-corrected chi connectivity index (χ4v) is 4.42. The van der Waals surface area contributed by atoms with Crippen LogP contribution in [0.4, 0.5) is 0 Å². The first-order chi connectivity index (χ1) is 8.33. The van der Waals surface area contributed by atoms with Crippen molar-refractivity contribution in [3.63, 3.8) is 0 Å². The van der Waals surface area contributed by atoms with E-state index in [4.69, 9.17) is 4.74 Å². The second kappa shape index (κ2) is 4.44. The lowest BCUT2D eigenvalue weighted by molar-refractivity contribution is -0.141. The van der Waals surface area contributed by atoms with E-state index in [9.17, 15) is 9.59 Å². The normalized spacial score (nSPS) is 37.9. The molecule has 0 aromatic rings. The lowest BCUT2D eigenvalue weighted by Crippen LogP contribution is -2.43. The number of fused-ring (bicyclic) bond motifs is 2. The highest BCUT2D eigenvalue weighted by Gasteiger charge is 2.62. The quantitative estimate of drug-likeness (QED) is 0.772. The first-order valence-electron chi connectivity index (χ1n) is 6.86. The van der Waals surface area contributed by atoms with Gasteiger partial charge in [0.2, 0.25) is 0 Å². The second-order valence-corrected chi connectivity index (χ2v) is 6.85. The van der Waals surface area contributed by atoms with Gasteiger partial charge in [-0.3, -0.25) is 9.59 Å². The minimum atomic E-state index is -0.436. The molecule has 2 aliphatic carbocycles. The Morgan fingerprint density at radius 3 is 2.61 bits per heavy atom. The van der Waals surface area contributed by atoms with Crippen LogP contribution in [0.25, 0.3) is 0 Å². The van der Waals surface area contributed by atoms with Gasteiger partial charge in [0.25, 0.3) is 0 Å². The number of Topliss-reactive ketones (excluding diaryl/α,β-unsaturated/α-hetero) is 2. The molecule has 0 aromatic carbocycles. The zero-order valence-corrected chi connectivity index (χ0v) is 11.9. The zero-order chi connectivity index (χ0) is 13.6. The molecule has 2 rings (SSSR count). The number of methoxy groups -OCH3 is 1. The minimum absolute atomic E-state index is 0.0367. The van der Waals surface area contributed by atoms with Crippen LogP contribution in [0.2, 0.25) is 0 Å². The maximum Gasteiger partial charge on any atom is 0.143 e. The summed E-state index contributed by atoms with van der Waals surface area (Å²) in [5, 5.41) is 0. The highest BCUT2D eigenvalue weighted by atomic mass is 16.5. The summed E-state index contributed by atoms with van der Waals surface area (Å²) >= 11 is 0. The lowest BCUT2D eigenvalue weighted by Gasteiger charge is -2.38. The average Bonchev–Trinajstić information content (AvgIpc) is 2.35. The van der Waals surface area contributed by atoms with Gasteiger partial charge in [0.05, 0.1) is 0 Å². The molecule has 3 atom stereocenters. The number of carbonyl (C=O) groups is 2. The van der Waals surface area contributed by atoms with Crippen molar-refractivity contribution in [3.05, 3.63) is 0 Å². The average molecular weight is 252 g/mol. The van der Waals surface area contributed by atoms with E-state index in [1.165, 1.54) is 0 Å². The van der Waals surface area contributed by atoms with Gasteiger partial charge >= 0.3 is 0 Å². The van der Waals surface area contributed by atoms with Crippen LogP contribution in [0.5, 0.6) is 0 Å². The fourth-order valence-electron chi connectivity index (χ4n) is 4.42. The Hall–Kier alpha value is -0.700. The van der Waals surface area contributed by atoms with Crippen LogP contribution in [0.15, 0.2) is 0 Å². The van der Waals surface area contributed by atoms with Gasteiger partial charge < -0.3 is 4.74 Å². The third kappa shape index (κ3) is 1.93. The molecule has 2 saturated carbocycles. The summed E-state index contributed by atoms with van der Waals surface area (Å²) < 4.78 is 5.29. The van der Waals surface area contributed by atoms with E-state index in [1.54, 1.807) is 14.0 Å². The van der Waals surface area contributed by atoms with E-state index in [2.05, 4.69) is 13.8 Å². The zero-order valence-electron chi connectivity index (χ0n) is 11.9. The topological polar surface area (TPSA) is 43.4 Å². The van der Waals surface area contributed by atoms with Crippen LogP contribution >= 0.6 is 0 Å². The van der Waals surface area contributed by atoms with Crippen LogP contribution in [-0.2, 0) is 14.3 Å². The summed E-state index contributed by atoms with van der Waals surface area (Å²) in [4.78, 5) is 24.3. The molecule has 0 heterocycles. The third-order valence-corrected chi connectivity index (χ3v) is 5.04. The van der Waals surface area contributed by atoms with Crippen molar-refractivity contribution in [1.29, 1.82) is 0 Å².